The third-order valence-corrected chi connectivity index (χ3v) is 3.32. The molecule has 0 radical (unpaired) electrons. The molecule has 0 aromatic heterocycles. The van der Waals surface area contributed by atoms with E-state index in [9.17, 15) is 4.79 Å². The van der Waals surface area contributed by atoms with Crippen LogP contribution in [0.3, 0.4) is 0 Å². The van der Waals surface area contributed by atoms with Crippen molar-refractivity contribution < 1.29 is 9.90 Å². The van der Waals surface area contributed by atoms with Gasteiger partial charge in [0, 0.05) is 6.04 Å². The van der Waals surface area contributed by atoms with Gasteiger partial charge in [0.1, 0.15) is 0 Å². The molecule has 0 saturated carbocycles. The van der Waals surface area contributed by atoms with E-state index in [1.165, 1.54) is 5.56 Å². The van der Waals surface area contributed by atoms with Crippen molar-refractivity contribution in [3.8, 4) is 0 Å². The van der Waals surface area contributed by atoms with Crippen LogP contribution in [0.5, 0.6) is 0 Å². The van der Waals surface area contributed by atoms with Gasteiger partial charge >= 0.3 is 5.97 Å². The highest BCUT2D eigenvalue weighted by Crippen LogP contribution is 2.15. The van der Waals surface area contributed by atoms with Crippen LogP contribution in [0.4, 0.5) is 0 Å². The molecule has 0 amide bonds. The van der Waals surface area contributed by atoms with E-state index in [1.807, 2.05) is 67.6 Å². The summed E-state index contributed by atoms with van der Waals surface area (Å²) in [6.07, 6.45) is 0. The van der Waals surface area contributed by atoms with E-state index < -0.39 is 5.97 Å². The number of aromatic carboxylic acids is 1. The van der Waals surface area contributed by atoms with Crippen LogP contribution in [0.1, 0.15) is 28.9 Å². The summed E-state index contributed by atoms with van der Waals surface area (Å²) in [6, 6.07) is 23.0. The van der Waals surface area contributed by atoms with Gasteiger partial charge in [-0.15, -0.1) is 0 Å². The lowest BCUT2D eigenvalue weighted by atomic mass is 10.1. The zero-order valence-electron chi connectivity index (χ0n) is 12.4. The SMILES string of the molecule is CC(N)c1ccccc1.O=C(O)c1ccc2ccccc2c1. The number of carbonyl (C=O) groups is 1. The molecule has 112 valence electrons. The summed E-state index contributed by atoms with van der Waals surface area (Å²) in [7, 11) is 0. The lowest BCUT2D eigenvalue weighted by molar-refractivity contribution is 0.0697. The summed E-state index contributed by atoms with van der Waals surface area (Å²) in [4.78, 5) is 10.6. The van der Waals surface area contributed by atoms with Crippen molar-refractivity contribution >= 4 is 16.7 Å². The third-order valence-electron chi connectivity index (χ3n) is 3.32. The van der Waals surface area contributed by atoms with Crippen LogP contribution in [0.15, 0.2) is 72.8 Å². The number of carboxylic acid groups (broad SMARTS) is 1. The van der Waals surface area contributed by atoms with Crippen molar-refractivity contribution in [3.05, 3.63) is 83.9 Å². The molecule has 0 bridgehead atoms. The first-order chi connectivity index (χ1) is 10.6. The fraction of sp³-hybridized carbons (Fsp3) is 0.105. The first-order valence-corrected chi connectivity index (χ1v) is 7.10. The first-order valence-electron chi connectivity index (χ1n) is 7.10. The van der Waals surface area contributed by atoms with Crippen molar-refractivity contribution in [1.29, 1.82) is 0 Å². The highest BCUT2D eigenvalue weighted by molar-refractivity contribution is 5.94. The minimum Gasteiger partial charge on any atom is -0.478 e. The highest BCUT2D eigenvalue weighted by atomic mass is 16.4. The van der Waals surface area contributed by atoms with Crippen molar-refractivity contribution in [2.75, 3.05) is 0 Å². The number of rotatable bonds is 2. The summed E-state index contributed by atoms with van der Waals surface area (Å²) in [5.74, 6) is -0.884. The minimum atomic E-state index is -0.884. The van der Waals surface area contributed by atoms with Crippen LogP contribution in [0, 0.1) is 0 Å². The first kappa shape index (κ1) is 15.7. The van der Waals surface area contributed by atoms with Gasteiger partial charge < -0.3 is 10.8 Å². The van der Waals surface area contributed by atoms with Gasteiger partial charge in [-0.2, -0.15) is 0 Å². The number of nitrogens with two attached hydrogens (primary N) is 1. The van der Waals surface area contributed by atoms with Crippen LogP contribution >= 0.6 is 0 Å². The Labute approximate surface area is 130 Å². The van der Waals surface area contributed by atoms with Crippen LogP contribution in [0.25, 0.3) is 10.8 Å². The van der Waals surface area contributed by atoms with E-state index in [4.69, 9.17) is 10.8 Å². The van der Waals surface area contributed by atoms with Gasteiger partial charge in [-0.1, -0.05) is 60.7 Å². The topological polar surface area (TPSA) is 63.3 Å². The maximum atomic E-state index is 10.6. The molecule has 1 unspecified atom stereocenters. The van der Waals surface area contributed by atoms with Crippen LogP contribution < -0.4 is 5.73 Å². The number of benzene rings is 3. The Morgan fingerprint density at radius 1 is 0.909 bits per heavy atom. The zero-order chi connectivity index (χ0) is 15.9. The maximum absolute atomic E-state index is 10.6. The summed E-state index contributed by atoms with van der Waals surface area (Å²) in [5, 5.41) is 10.8. The molecule has 1 atom stereocenters. The Morgan fingerprint density at radius 2 is 1.50 bits per heavy atom. The second kappa shape index (κ2) is 7.38. The number of carboxylic acids is 1. The summed E-state index contributed by atoms with van der Waals surface area (Å²) < 4.78 is 0. The quantitative estimate of drug-likeness (QED) is 0.742. The summed E-state index contributed by atoms with van der Waals surface area (Å²) in [6.45, 7) is 1.98. The van der Waals surface area contributed by atoms with Crippen LogP contribution in [0.2, 0.25) is 0 Å². The maximum Gasteiger partial charge on any atom is 0.335 e. The molecular formula is C19H19NO2. The van der Waals surface area contributed by atoms with Gasteiger partial charge in [-0.25, -0.2) is 4.79 Å². The molecule has 3 nitrogen and oxygen atoms in total. The smallest absolute Gasteiger partial charge is 0.335 e. The molecule has 0 saturated heterocycles. The Balaban J connectivity index is 0.000000172. The van der Waals surface area contributed by atoms with E-state index in [0.717, 1.165) is 10.8 Å². The largest absolute Gasteiger partial charge is 0.478 e. The number of hydrogen-bond donors (Lipinski definition) is 2. The van der Waals surface area contributed by atoms with Gasteiger partial charge in [0.15, 0.2) is 0 Å². The van der Waals surface area contributed by atoms with Crippen LogP contribution in [-0.2, 0) is 0 Å². The second-order valence-electron chi connectivity index (χ2n) is 5.07. The normalized spacial score (nSPS) is 11.4. The van der Waals surface area contributed by atoms with E-state index in [0.29, 0.717) is 5.56 Å². The van der Waals surface area contributed by atoms with Crippen molar-refractivity contribution in [3.63, 3.8) is 0 Å². The predicted molar refractivity (Wildman–Crippen MR) is 90.0 cm³/mol. The van der Waals surface area contributed by atoms with Gasteiger partial charge in [0.2, 0.25) is 0 Å². The van der Waals surface area contributed by atoms with Gasteiger partial charge in [0.05, 0.1) is 5.56 Å². The minimum absolute atomic E-state index is 0.159. The fourth-order valence-electron chi connectivity index (χ4n) is 2.08. The Morgan fingerprint density at radius 3 is 2.05 bits per heavy atom. The highest BCUT2D eigenvalue weighted by Gasteiger charge is 2.01. The molecule has 0 aliphatic carbocycles. The Bertz CT molecular complexity index is 751. The molecule has 22 heavy (non-hydrogen) atoms. The predicted octanol–water partition coefficient (Wildman–Crippen LogP) is 4.24. The molecule has 3 N–H and O–H groups in total. The molecule has 3 aromatic rings. The number of hydrogen-bond acceptors (Lipinski definition) is 2. The lowest BCUT2D eigenvalue weighted by Gasteiger charge is -2.02. The standard InChI is InChI=1S/C11H8O2.C8H11N/c12-11(13)10-6-5-8-3-1-2-4-9(8)7-10;1-7(9)8-5-3-2-4-6-8/h1-7H,(H,12,13);2-7H,9H2,1H3. The van der Waals surface area contributed by atoms with Crippen molar-refractivity contribution in [2.45, 2.75) is 13.0 Å². The second-order valence-corrected chi connectivity index (χ2v) is 5.07. The molecule has 0 aliphatic rings. The van der Waals surface area contributed by atoms with E-state index in [-0.39, 0.29) is 6.04 Å². The Hall–Kier alpha value is -2.65. The van der Waals surface area contributed by atoms with E-state index in [1.54, 1.807) is 12.1 Å². The average molecular weight is 293 g/mol. The van der Waals surface area contributed by atoms with Crippen molar-refractivity contribution in [2.24, 2.45) is 5.73 Å². The Kier molecular flexibility index (Phi) is 5.28. The summed E-state index contributed by atoms with van der Waals surface area (Å²) in [5.41, 5.74) is 7.14. The monoisotopic (exact) mass is 293 g/mol. The zero-order valence-corrected chi connectivity index (χ0v) is 12.4. The van der Waals surface area contributed by atoms with Gasteiger partial charge in [-0.05, 0) is 35.4 Å². The van der Waals surface area contributed by atoms with Gasteiger partial charge in [0.25, 0.3) is 0 Å². The molecule has 0 heterocycles. The molecule has 0 fully saturated rings. The molecule has 0 aliphatic heterocycles. The lowest BCUT2D eigenvalue weighted by Crippen LogP contribution is -2.03. The van der Waals surface area contributed by atoms with Crippen LogP contribution in [-0.4, -0.2) is 11.1 Å². The summed E-state index contributed by atoms with van der Waals surface area (Å²) >= 11 is 0. The van der Waals surface area contributed by atoms with Crippen molar-refractivity contribution in [1.82, 2.24) is 0 Å². The molecule has 3 aromatic carbocycles. The molecule has 3 heteroatoms. The number of fused-ring (bicyclic) bond motifs is 1. The molecular weight excluding hydrogens is 274 g/mol. The average Bonchev–Trinajstić information content (AvgIpc) is 2.55. The van der Waals surface area contributed by atoms with E-state index in [2.05, 4.69) is 0 Å². The fourth-order valence-corrected chi connectivity index (χ4v) is 2.08. The third kappa shape index (κ3) is 4.17. The van der Waals surface area contributed by atoms with Gasteiger partial charge in [-0.3, -0.25) is 0 Å². The van der Waals surface area contributed by atoms with E-state index >= 15 is 0 Å². The molecule has 3 rings (SSSR count). The molecule has 0 spiro atoms.